The summed E-state index contributed by atoms with van der Waals surface area (Å²) in [5.74, 6) is -1.78. The number of hydrogen-bond donors (Lipinski definition) is 3. The van der Waals surface area contributed by atoms with Crippen LogP contribution in [0.4, 0.5) is 30.6 Å². The van der Waals surface area contributed by atoms with E-state index in [4.69, 9.17) is 15.6 Å². The summed E-state index contributed by atoms with van der Waals surface area (Å²) in [6.45, 7) is 3.99. The molecular formula is C20H19F3N4O2. The van der Waals surface area contributed by atoms with Gasteiger partial charge in [-0.15, -0.1) is 0 Å². The number of nitrogens with two attached hydrogens (primary N) is 1. The molecule has 3 aromatic rings. The van der Waals surface area contributed by atoms with Crippen LogP contribution in [0.15, 0.2) is 54.6 Å². The van der Waals surface area contributed by atoms with Crippen molar-refractivity contribution >= 4 is 23.4 Å². The summed E-state index contributed by atoms with van der Waals surface area (Å²) in [4.78, 5) is 17.2. The second-order valence-electron chi connectivity index (χ2n) is 6.13. The number of aromatic nitrogens is 2. The second-order valence-corrected chi connectivity index (χ2v) is 6.13. The van der Waals surface area contributed by atoms with Gasteiger partial charge in [-0.25, -0.2) is 9.78 Å². The van der Waals surface area contributed by atoms with E-state index in [1.54, 1.807) is 0 Å². The number of carboxylic acids is 1. The molecule has 2 aromatic carbocycles. The maximum Gasteiger partial charge on any atom is 0.490 e. The third-order valence-corrected chi connectivity index (χ3v) is 3.60. The molecule has 0 amide bonds. The number of anilines is 3. The zero-order chi connectivity index (χ0) is 21.6. The van der Waals surface area contributed by atoms with Crippen molar-refractivity contribution in [2.75, 3.05) is 11.1 Å². The van der Waals surface area contributed by atoms with Crippen molar-refractivity contribution in [2.45, 2.75) is 20.0 Å². The second kappa shape index (κ2) is 9.05. The molecule has 1 aromatic heterocycles. The van der Waals surface area contributed by atoms with E-state index in [9.17, 15) is 13.2 Å². The lowest BCUT2D eigenvalue weighted by atomic mass is 10.0. The van der Waals surface area contributed by atoms with E-state index in [1.807, 2.05) is 25.1 Å². The Morgan fingerprint density at radius 2 is 1.59 bits per heavy atom. The van der Waals surface area contributed by atoms with Crippen molar-refractivity contribution < 1.29 is 23.1 Å². The van der Waals surface area contributed by atoms with Crippen molar-refractivity contribution in [1.82, 2.24) is 9.97 Å². The van der Waals surface area contributed by atoms with Gasteiger partial charge in [0.05, 0.1) is 0 Å². The van der Waals surface area contributed by atoms with Crippen LogP contribution < -0.4 is 11.1 Å². The molecule has 0 atom stereocenters. The van der Waals surface area contributed by atoms with Crippen LogP contribution >= 0.6 is 0 Å². The zero-order valence-corrected chi connectivity index (χ0v) is 15.7. The van der Waals surface area contributed by atoms with Crippen molar-refractivity contribution in [1.29, 1.82) is 0 Å². The number of nitrogens with zero attached hydrogens (tertiary/aromatic N) is 2. The highest BCUT2D eigenvalue weighted by molar-refractivity contribution is 5.73. The van der Waals surface area contributed by atoms with Gasteiger partial charge in [0, 0.05) is 17.4 Å². The molecule has 0 aliphatic heterocycles. The molecule has 0 spiro atoms. The lowest BCUT2D eigenvalue weighted by Gasteiger charge is -2.09. The minimum Gasteiger partial charge on any atom is -0.475 e. The zero-order valence-electron chi connectivity index (χ0n) is 15.7. The number of aliphatic carboxylic acids is 1. The van der Waals surface area contributed by atoms with E-state index in [-0.39, 0.29) is 5.95 Å². The quantitative estimate of drug-likeness (QED) is 0.584. The van der Waals surface area contributed by atoms with Crippen LogP contribution in [0.3, 0.4) is 0 Å². The molecule has 29 heavy (non-hydrogen) atoms. The van der Waals surface area contributed by atoms with Crippen LogP contribution in [0, 0.1) is 13.8 Å². The smallest absolute Gasteiger partial charge is 0.475 e. The molecule has 0 bridgehead atoms. The Bertz CT molecular complexity index is 987. The Morgan fingerprint density at radius 3 is 2.14 bits per heavy atom. The van der Waals surface area contributed by atoms with Gasteiger partial charge in [0.1, 0.15) is 5.82 Å². The standard InChI is InChI=1S/C18H18N4.C2HF3O2/c1-12-5-3-6-14(9-12)15-7-4-8-16(11-15)21-17-10-13(2)20-18(19)22-17;3-2(4,5)1(6)7/h3-11H,1-2H3,(H3,19,20,21,22);(H,6,7). The Balaban J connectivity index is 0.000000370. The molecule has 152 valence electrons. The summed E-state index contributed by atoms with van der Waals surface area (Å²) >= 11 is 0. The van der Waals surface area contributed by atoms with E-state index in [2.05, 4.69) is 58.6 Å². The molecule has 0 aliphatic carbocycles. The normalized spacial score (nSPS) is 10.7. The van der Waals surface area contributed by atoms with Crippen molar-refractivity contribution in [3.63, 3.8) is 0 Å². The first-order chi connectivity index (χ1) is 13.5. The molecule has 1 heterocycles. The number of benzene rings is 2. The van der Waals surface area contributed by atoms with E-state index in [1.165, 1.54) is 11.1 Å². The molecule has 0 saturated carbocycles. The number of hydrogen-bond acceptors (Lipinski definition) is 5. The molecule has 0 saturated heterocycles. The maximum absolute atomic E-state index is 10.6. The summed E-state index contributed by atoms with van der Waals surface area (Å²) in [6.07, 6.45) is -5.08. The lowest BCUT2D eigenvalue weighted by molar-refractivity contribution is -0.192. The van der Waals surface area contributed by atoms with E-state index in [0.29, 0.717) is 5.82 Å². The third-order valence-electron chi connectivity index (χ3n) is 3.60. The van der Waals surface area contributed by atoms with Gasteiger partial charge in [-0.05, 0) is 37.1 Å². The van der Waals surface area contributed by atoms with Crippen LogP contribution in [0.5, 0.6) is 0 Å². The Hall–Kier alpha value is -3.62. The van der Waals surface area contributed by atoms with Crippen LogP contribution in [0.25, 0.3) is 11.1 Å². The minimum atomic E-state index is -5.08. The topological polar surface area (TPSA) is 101 Å². The number of halogens is 3. The first-order valence-corrected chi connectivity index (χ1v) is 8.40. The maximum atomic E-state index is 10.6. The van der Waals surface area contributed by atoms with Crippen molar-refractivity contribution in [2.24, 2.45) is 0 Å². The van der Waals surface area contributed by atoms with Gasteiger partial charge < -0.3 is 16.2 Å². The number of alkyl halides is 3. The van der Waals surface area contributed by atoms with Gasteiger partial charge in [-0.3, -0.25) is 0 Å². The Morgan fingerprint density at radius 1 is 1.00 bits per heavy atom. The summed E-state index contributed by atoms with van der Waals surface area (Å²) < 4.78 is 31.7. The van der Waals surface area contributed by atoms with Gasteiger partial charge >= 0.3 is 12.1 Å². The van der Waals surface area contributed by atoms with Gasteiger partial charge in [0.2, 0.25) is 5.95 Å². The molecule has 3 rings (SSSR count). The van der Waals surface area contributed by atoms with Crippen LogP contribution in [0.2, 0.25) is 0 Å². The highest BCUT2D eigenvalue weighted by atomic mass is 19.4. The summed E-state index contributed by atoms with van der Waals surface area (Å²) in [5.41, 5.74) is 11.1. The van der Waals surface area contributed by atoms with E-state index >= 15 is 0 Å². The van der Waals surface area contributed by atoms with Crippen LogP contribution in [-0.4, -0.2) is 27.2 Å². The first-order valence-electron chi connectivity index (χ1n) is 8.40. The van der Waals surface area contributed by atoms with Crippen LogP contribution in [0.1, 0.15) is 11.3 Å². The average molecular weight is 404 g/mol. The minimum absolute atomic E-state index is 0.275. The molecular weight excluding hydrogens is 385 g/mol. The molecule has 6 nitrogen and oxygen atoms in total. The van der Waals surface area contributed by atoms with Gasteiger partial charge in [-0.2, -0.15) is 18.2 Å². The number of nitrogen functional groups attached to an aromatic ring is 1. The monoisotopic (exact) mass is 404 g/mol. The first kappa shape index (κ1) is 21.7. The predicted octanol–water partition coefficient (Wildman–Crippen LogP) is 4.72. The van der Waals surface area contributed by atoms with Gasteiger partial charge in [0.15, 0.2) is 0 Å². The predicted molar refractivity (Wildman–Crippen MR) is 105 cm³/mol. The number of carbonyl (C=O) groups is 1. The molecule has 4 N–H and O–H groups in total. The highest BCUT2D eigenvalue weighted by Crippen LogP contribution is 2.25. The SMILES string of the molecule is Cc1cccc(-c2cccc(Nc3cc(C)nc(N)n3)c2)c1.O=C(O)C(F)(F)F. The summed E-state index contributed by atoms with van der Waals surface area (Å²) in [7, 11) is 0. The summed E-state index contributed by atoms with van der Waals surface area (Å²) in [6, 6.07) is 18.5. The number of aryl methyl sites for hydroxylation is 2. The number of carboxylic acid groups (broad SMARTS) is 1. The van der Waals surface area contributed by atoms with E-state index in [0.717, 1.165) is 16.9 Å². The van der Waals surface area contributed by atoms with Gasteiger partial charge in [-0.1, -0.05) is 42.0 Å². The van der Waals surface area contributed by atoms with E-state index < -0.39 is 12.1 Å². The molecule has 0 radical (unpaired) electrons. The summed E-state index contributed by atoms with van der Waals surface area (Å²) in [5, 5.41) is 10.4. The Kier molecular flexibility index (Phi) is 6.76. The molecule has 0 fully saturated rings. The number of rotatable bonds is 3. The van der Waals surface area contributed by atoms with Crippen molar-refractivity contribution in [3.05, 3.63) is 65.9 Å². The largest absolute Gasteiger partial charge is 0.490 e. The highest BCUT2D eigenvalue weighted by Gasteiger charge is 2.38. The van der Waals surface area contributed by atoms with Crippen LogP contribution in [-0.2, 0) is 4.79 Å². The number of nitrogens with one attached hydrogen (secondary N) is 1. The van der Waals surface area contributed by atoms with Crippen molar-refractivity contribution in [3.8, 4) is 11.1 Å². The Labute approximate surface area is 165 Å². The fourth-order valence-electron chi connectivity index (χ4n) is 2.40. The molecule has 0 unspecified atom stereocenters. The fourth-order valence-corrected chi connectivity index (χ4v) is 2.40. The average Bonchev–Trinajstić information content (AvgIpc) is 2.61. The molecule has 0 aliphatic rings. The third kappa shape index (κ3) is 6.80. The fraction of sp³-hybridized carbons (Fsp3) is 0.150. The lowest BCUT2D eigenvalue weighted by Crippen LogP contribution is -2.21. The van der Waals surface area contributed by atoms with Gasteiger partial charge in [0.25, 0.3) is 0 Å². The molecule has 9 heteroatoms.